The smallest absolute Gasteiger partial charge is 0.497 e. The minimum atomic E-state index is -4.27. The van der Waals surface area contributed by atoms with E-state index in [1.54, 1.807) is 36.4 Å². The molecule has 0 radical (unpaired) electrons. The zero-order valence-corrected chi connectivity index (χ0v) is 24.5. The highest BCUT2D eigenvalue weighted by molar-refractivity contribution is 7.92. The molecule has 0 aliphatic carbocycles. The number of nitrogens with zero attached hydrogens (tertiary/aromatic N) is 4. The maximum absolute atomic E-state index is 13.5. The van der Waals surface area contributed by atoms with Crippen LogP contribution in [0.1, 0.15) is 26.3 Å². The predicted octanol–water partition coefficient (Wildman–Crippen LogP) is 4.68. The molecule has 0 amide bonds. The van der Waals surface area contributed by atoms with Gasteiger partial charge in [0, 0.05) is 18.5 Å². The standard InChI is InChI=1S/C28H29N5O9S/c1-28(2,3)18-9-11-21(12-10-18)43(36,37)33-23-22(41-20-8-5-7-19(17-20)38-4)24(32-26(31-23)42-27(34)35)39-15-16-40-25-29-13-6-14-30-25/h5-14,17H,15-16H2,1-4H3,(H,34,35)(H,31,32,33). The summed E-state index contributed by atoms with van der Waals surface area (Å²) in [5.41, 5.74) is 0.720. The number of aromatic nitrogens is 4. The molecule has 2 N–H and O–H groups in total. The second-order valence-corrected chi connectivity index (χ2v) is 11.4. The van der Waals surface area contributed by atoms with Gasteiger partial charge in [0.15, 0.2) is 5.82 Å². The first kappa shape index (κ1) is 30.8. The first-order valence-corrected chi connectivity index (χ1v) is 14.2. The van der Waals surface area contributed by atoms with Crippen LogP contribution < -0.4 is 28.4 Å². The number of carbonyl (C=O) groups is 1. The first-order chi connectivity index (χ1) is 20.4. The molecule has 15 heteroatoms. The molecule has 2 aromatic heterocycles. The van der Waals surface area contributed by atoms with Crippen LogP contribution >= 0.6 is 0 Å². The average molecular weight is 612 g/mol. The summed E-state index contributed by atoms with van der Waals surface area (Å²) in [5.74, 6) is -0.409. The molecule has 43 heavy (non-hydrogen) atoms. The molecule has 0 atom stereocenters. The van der Waals surface area contributed by atoms with E-state index in [1.165, 1.54) is 37.7 Å². The molecule has 226 valence electrons. The van der Waals surface area contributed by atoms with Gasteiger partial charge in [-0.1, -0.05) is 39.0 Å². The van der Waals surface area contributed by atoms with Gasteiger partial charge >= 0.3 is 18.2 Å². The molecular formula is C28H29N5O9S. The Kier molecular flexibility index (Phi) is 9.45. The zero-order chi connectivity index (χ0) is 31.0. The molecule has 4 aromatic rings. The van der Waals surface area contributed by atoms with E-state index in [0.717, 1.165) is 5.56 Å². The van der Waals surface area contributed by atoms with Gasteiger partial charge in [0.1, 0.15) is 24.7 Å². The Morgan fingerprint density at radius 3 is 2.23 bits per heavy atom. The number of carboxylic acid groups (broad SMARTS) is 1. The molecule has 0 aliphatic heterocycles. The van der Waals surface area contributed by atoms with E-state index in [4.69, 9.17) is 18.9 Å². The summed E-state index contributed by atoms with van der Waals surface area (Å²) >= 11 is 0. The van der Waals surface area contributed by atoms with Crippen molar-refractivity contribution in [2.45, 2.75) is 31.1 Å². The highest BCUT2D eigenvalue weighted by atomic mass is 32.2. The lowest BCUT2D eigenvalue weighted by molar-refractivity contribution is 0.139. The number of anilines is 1. The molecule has 0 unspecified atom stereocenters. The van der Waals surface area contributed by atoms with Gasteiger partial charge < -0.3 is 28.8 Å². The van der Waals surface area contributed by atoms with E-state index in [0.29, 0.717) is 5.75 Å². The molecule has 4 rings (SSSR count). The topological polar surface area (TPSA) is 181 Å². The monoisotopic (exact) mass is 611 g/mol. The van der Waals surface area contributed by atoms with Crippen LogP contribution in [0.5, 0.6) is 35.1 Å². The zero-order valence-electron chi connectivity index (χ0n) is 23.7. The maximum atomic E-state index is 13.5. The van der Waals surface area contributed by atoms with E-state index < -0.39 is 28.0 Å². The van der Waals surface area contributed by atoms with Crippen LogP contribution in [0.25, 0.3) is 0 Å². The van der Waals surface area contributed by atoms with Crippen molar-refractivity contribution in [3.63, 3.8) is 0 Å². The van der Waals surface area contributed by atoms with E-state index in [1.807, 2.05) is 20.8 Å². The average Bonchev–Trinajstić information content (AvgIpc) is 2.96. The predicted molar refractivity (Wildman–Crippen MR) is 153 cm³/mol. The largest absolute Gasteiger partial charge is 0.513 e. The second kappa shape index (κ2) is 13.2. The van der Waals surface area contributed by atoms with Crippen LogP contribution in [0.4, 0.5) is 10.6 Å². The van der Waals surface area contributed by atoms with Crippen molar-refractivity contribution in [2.75, 3.05) is 25.0 Å². The fourth-order valence-electron chi connectivity index (χ4n) is 3.53. The Balaban J connectivity index is 1.72. The summed E-state index contributed by atoms with van der Waals surface area (Å²) in [4.78, 5) is 27.1. The summed E-state index contributed by atoms with van der Waals surface area (Å²) in [6.07, 6.45) is 1.26. The third-order valence-electron chi connectivity index (χ3n) is 5.61. The number of methoxy groups -OCH3 is 1. The number of ether oxygens (including phenoxy) is 5. The third kappa shape index (κ3) is 8.42. The molecular weight excluding hydrogens is 582 g/mol. The SMILES string of the molecule is COc1cccc(Oc2c(NS(=O)(=O)c3ccc(C(C)(C)C)cc3)nc(OC(=O)O)nc2OCCOc2ncccn2)c1. The summed E-state index contributed by atoms with van der Waals surface area (Å²) in [7, 11) is -2.80. The van der Waals surface area contributed by atoms with Gasteiger partial charge in [-0.05, 0) is 41.3 Å². The fourth-order valence-corrected chi connectivity index (χ4v) is 4.53. The quantitative estimate of drug-likeness (QED) is 0.167. The number of hydrogen-bond donors (Lipinski definition) is 2. The number of sulfonamides is 1. The van der Waals surface area contributed by atoms with Crippen LogP contribution in [-0.2, 0) is 15.4 Å². The molecule has 2 aromatic carbocycles. The minimum Gasteiger partial charge on any atom is -0.497 e. The van der Waals surface area contributed by atoms with Crippen molar-refractivity contribution >= 4 is 22.0 Å². The van der Waals surface area contributed by atoms with Gasteiger partial charge in [-0.2, -0.15) is 9.97 Å². The number of rotatable bonds is 12. The summed E-state index contributed by atoms with van der Waals surface area (Å²) in [6.45, 7) is 5.80. The van der Waals surface area contributed by atoms with Crippen molar-refractivity contribution in [3.05, 3.63) is 72.6 Å². The molecule has 0 aliphatic rings. The van der Waals surface area contributed by atoms with Crippen LogP contribution in [0, 0.1) is 0 Å². The lowest BCUT2D eigenvalue weighted by Gasteiger charge is -2.19. The molecule has 0 bridgehead atoms. The fraction of sp³-hybridized carbons (Fsp3) is 0.250. The Hall–Kier alpha value is -5.18. The molecule has 0 saturated carbocycles. The highest BCUT2D eigenvalue weighted by Crippen LogP contribution is 2.39. The molecule has 14 nitrogen and oxygen atoms in total. The van der Waals surface area contributed by atoms with Gasteiger partial charge in [-0.3, -0.25) is 4.72 Å². The number of hydrogen-bond acceptors (Lipinski definition) is 12. The van der Waals surface area contributed by atoms with Crippen LogP contribution in [0.2, 0.25) is 0 Å². The molecule has 0 saturated heterocycles. The van der Waals surface area contributed by atoms with Crippen molar-refractivity contribution < 1.29 is 42.0 Å². The molecule has 0 spiro atoms. The van der Waals surface area contributed by atoms with Crippen molar-refractivity contribution in [2.24, 2.45) is 0 Å². The number of benzene rings is 2. The van der Waals surface area contributed by atoms with E-state index >= 15 is 0 Å². The summed E-state index contributed by atoms with van der Waals surface area (Å²) < 4.78 is 56.3. The molecule has 0 fully saturated rings. The van der Waals surface area contributed by atoms with Gasteiger partial charge in [-0.25, -0.2) is 23.2 Å². The van der Waals surface area contributed by atoms with E-state index in [-0.39, 0.29) is 46.9 Å². The van der Waals surface area contributed by atoms with E-state index in [2.05, 4.69) is 29.4 Å². The van der Waals surface area contributed by atoms with Gasteiger partial charge in [0.25, 0.3) is 15.9 Å². The minimum absolute atomic E-state index is 0.0527. The lowest BCUT2D eigenvalue weighted by atomic mass is 9.87. The molecule has 2 heterocycles. The number of nitrogens with one attached hydrogen (secondary N) is 1. The lowest BCUT2D eigenvalue weighted by Crippen LogP contribution is -2.18. The van der Waals surface area contributed by atoms with Crippen LogP contribution in [0.15, 0.2) is 71.9 Å². The van der Waals surface area contributed by atoms with Gasteiger partial charge in [-0.15, -0.1) is 0 Å². The maximum Gasteiger partial charge on any atom is 0.513 e. The Labute approximate surface area is 247 Å². The summed E-state index contributed by atoms with van der Waals surface area (Å²) in [6, 6.07) is 13.7. The van der Waals surface area contributed by atoms with Crippen LogP contribution in [-0.4, -0.2) is 59.9 Å². The normalized spacial score (nSPS) is 11.3. The van der Waals surface area contributed by atoms with Gasteiger partial charge in [0.2, 0.25) is 5.75 Å². The first-order valence-electron chi connectivity index (χ1n) is 12.8. The van der Waals surface area contributed by atoms with Crippen molar-refractivity contribution in [3.8, 4) is 35.1 Å². The highest BCUT2D eigenvalue weighted by Gasteiger charge is 2.26. The Morgan fingerprint density at radius 1 is 0.907 bits per heavy atom. The van der Waals surface area contributed by atoms with Gasteiger partial charge in [0.05, 0.1) is 12.0 Å². The Morgan fingerprint density at radius 2 is 1.58 bits per heavy atom. The summed E-state index contributed by atoms with van der Waals surface area (Å²) in [5, 5.41) is 9.19. The third-order valence-corrected chi connectivity index (χ3v) is 6.97. The Bertz CT molecular complexity index is 1660. The van der Waals surface area contributed by atoms with E-state index in [9.17, 15) is 18.3 Å². The van der Waals surface area contributed by atoms with Crippen molar-refractivity contribution in [1.29, 1.82) is 0 Å². The van der Waals surface area contributed by atoms with Crippen LogP contribution in [0.3, 0.4) is 0 Å². The second-order valence-electron chi connectivity index (χ2n) is 9.75. The van der Waals surface area contributed by atoms with Crippen molar-refractivity contribution in [1.82, 2.24) is 19.9 Å².